The van der Waals surface area contributed by atoms with Crippen molar-refractivity contribution in [3.63, 3.8) is 0 Å². The first-order chi connectivity index (χ1) is 12.1. The number of amides is 1. The van der Waals surface area contributed by atoms with Gasteiger partial charge in [-0.25, -0.2) is 0 Å². The van der Waals surface area contributed by atoms with E-state index in [0.29, 0.717) is 25.9 Å². The molecule has 2 aromatic rings. The highest BCUT2D eigenvalue weighted by molar-refractivity contribution is 6.04. The molecule has 5 heteroatoms. The molecule has 5 nitrogen and oxygen atoms in total. The first kappa shape index (κ1) is 16.1. The van der Waals surface area contributed by atoms with Gasteiger partial charge in [0.15, 0.2) is 0 Å². The van der Waals surface area contributed by atoms with E-state index < -0.39 is 11.4 Å². The average Bonchev–Trinajstić information content (AvgIpc) is 3.44. The van der Waals surface area contributed by atoms with E-state index in [1.165, 1.54) is 16.3 Å². The van der Waals surface area contributed by atoms with Crippen LogP contribution in [0.2, 0.25) is 0 Å². The summed E-state index contributed by atoms with van der Waals surface area (Å²) in [6, 6.07) is 14.7. The maximum Gasteiger partial charge on any atom is 0.319 e. The molecule has 0 radical (unpaired) electrons. The molecule has 130 valence electrons. The predicted octanol–water partition coefficient (Wildman–Crippen LogP) is 2.35. The summed E-state index contributed by atoms with van der Waals surface area (Å²) in [5, 5.41) is 11.8. The summed E-state index contributed by atoms with van der Waals surface area (Å²) in [5.41, 5.74) is 0.180. The van der Waals surface area contributed by atoms with Crippen LogP contribution in [-0.2, 0) is 16.1 Å². The Morgan fingerprint density at radius 3 is 2.32 bits per heavy atom. The molecule has 1 amide bonds. The highest BCUT2D eigenvalue weighted by Gasteiger charge is 2.58. The highest BCUT2D eigenvalue weighted by Crippen LogP contribution is 2.47. The number of fused-ring (bicyclic) bond motifs is 1. The van der Waals surface area contributed by atoms with Gasteiger partial charge in [0.1, 0.15) is 5.41 Å². The molecule has 0 atom stereocenters. The zero-order valence-corrected chi connectivity index (χ0v) is 14.1. The van der Waals surface area contributed by atoms with E-state index in [1.54, 1.807) is 4.90 Å². The van der Waals surface area contributed by atoms with Crippen LogP contribution in [0, 0.1) is 5.41 Å². The number of nitrogens with zero attached hydrogens (tertiary/aromatic N) is 2. The van der Waals surface area contributed by atoms with E-state index >= 15 is 0 Å². The van der Waals surface area contributed by atoms with Gasteiger partial charge in [0.25, 0.3) is 0 Å². The van der Waals surface area contributed by atoms with Gasteiger partial charge in [-0.3, -0.25) is 14.5 Å². The smallest absolute Gasteiger partial charge is 0.319 e. The molecule has 2 aliphatic rings. The average molecular weight is 338 g/mol. The van der Waals surface area contributed by atoms with Crippen LogP contribution in [0.1, 0.15) is 18.4 Å². The Bertz CT molecular complexity index is 815. The number of carbonyl (C=O) groups excluding carboxylic acids is 1. The van der Waals surface area contributed by atoms with Crippen LogP contribution in [0.4, 0.5) is 0 Å². The number of carbonyl (C=O) groups is 2. The van der Waals surface area contributed by atoms with Gasteiger partial charge in [0.05, 0.1) is 0 Å². The first-order valence-corrected chi connectivity index (χ1v) is 8.82. The monoisotopic (exact) mass is 338 g/mol. The Balaban J connectivity index is 1.41. The van der Waals surface area contributed by atoms with Crippen LogP contribution in [0.25, 0.3) is 10.8 Å². The van der Waals surface area contributed by atoms with Crippen molar-refractivity contribution in [2.75, 3.05) is 26.2 Å². The van der Waals surface area contributed by atoms with Crippen molar-refractivity contribution >= 4 is 22.6 Å². The standard InChI is InChI=1S/C20H22N2O3/c23-18(20(8-9-20)19(24)25)22-12-10-21(11-13-22)14-16-6-3-5-15-4-1-2-7-17(15)16/h1-7H,8-14H2,(H,24,25). The highest BCUT2D eigenvalue weighted by atomic mass is 16.4. The van der Waals surface area contributed by atoms with Gasteiger partial charge in [-0.1, -0.05) is 42.5 Å². The third-order valence-electron chi connectivity index (χ3n) is 5.50. The molecule has 1 aliphatic heterocycles. The van der Waals surface area contributed by atoms with Crippen molar-refractivity contribution in [3.05, 3.63) is 48.0 Å². The fourth-order valence-electron chi connectivity index (χ4n) is 3.73. The van der Waals surface area contributed by atoms with Gasteiger partial charge >= 0.3 is 5.97 Å². The third-order valence-corrected chi connectivity index (χ3v) is 5.50. The number of carboxylic acids is 1. The van der Waals surface area contributed by atoms with Crippen molar-refractivity contribution < 1.29 is 14.7 Å². The Morgan fingerprint density at radius 2 is 1.64 bits per heavy atom. The molecule has 0 aromatic heterocycles. The summed E-state index contributed by atoms with van der Waals surface area (Å²) in [5.74, 6) is -1.15. The number of aliphatic carboxylic acids is 1. The minimum Gasteiger partial charge on any atom is -0.480 e. The normalized spacial score (nSPS) is 19.8. The number of piperazine rings is 1. The number of carboxylic acid groups (broad SMARTS) is 1. The molecule has 4 rings (SSSR count). The largest absolute Gasteiger partial charge is 0.480 e. The molecule has 1 aliphatic carbocycles. The SMILES string of the molecule is O=C(O)C1(C(=O)N2CCN(Cc3cccc4ccccc34)CC2)CC1. The fourth-order valence-corrected chi connectivity index (χ4v) is 3.73. The minimum atomic E-state index is -1.11. The molecule has 0 unspecified atom stereocenters. The van der Waals surface area contributed by atoms with Crippen molar-refractivity contribution in [1.29, 1.82) is 0 Å². The van der Waals surface area contributed by atoms with Gasteiger partial charge in [-0.2, -0.15) is 0 Å². The molecule has 2 aromatic carbocycles. The molecule has 0 spiro atoms. The van der Waals surface area contributed by atoms with E-state index in [0.717, 1.165) is 19.6 Å². The number of rotatable bonds is 4. The predicted molar refractivity (Wildman–Crippen MR) is 95.1 cm³/mol. The van der Waals surface area contributed by atoms with Crippen molar-refractivity contribution in [3.8, 4) is 0 Å². The summed E-state index contributed by atoms with van der Waals surface area (Å²) in [6.45, 7) is 3.64. The molecule has 1 heterocycles. The molecule has 0 bridgehead atoms. The molecule has 1 saturated carbocycles. The van der Waals surface area contributed by atoms with Gasteiger partial charge in [0.2, 0.25) is 5.91 Å². The first-order valence-electron chi connectivity index (χ1n) is 8.82. The molecule has 25 heavy (non-hydrogen) atoms. The van der Waals surface area contributed by atoms with E-state index in [-0.39, 0.29) is 5.91 Å². The molecular weight excluding hydrogens is 316 g/mol. The number of hydrogen-bond acceptors (Lipinski definition) is 3. The Labute approximate surface area is 146 Å². The molecule has 1 saturated heterocycles. The van der Waals surface area contributed by atoms with Crippen LogP contribution in [0.15, 0.2) is 42.5 Å². The Hall–Kier alpha value is -2.40. The van der Waals surface area contributed by atoms with Crippen LogP contribution < -0.4 is 0 Å². The third kappa shape index (κ3) is 2.89. The molecule has 2 fully saturated rings. The van der Waals surface area contributed by atoms with Crippen molar-refractivity contribution in [2.24, 2.45) is 5.41 Å². The summed E-state index contributed by atoms with van der Waals surface area (Å²) in [4.78, 5) is 27.9. The quantitative estimate of drug-likeness (QED) is 0.870. The van der Waals surface area contributed by atoms with Gasteiger partial charge in [0, 0.05) is 32.7 Å². The lowest BCUT2D eigenvalue weighted by atomic mass is 10.0. The lowest BCUT2D eigenvalue weighted by molar-refractivity contribution is -0.154. The van der Waals surface area contributed by atoms with E-state index in [1.807, 2.05) is 6.07 Å². The molecular formula is C20H22N2O3. The second kappa shape index (κ2) is 6.15. The van der Waals surface area contributed by atoms with Gasteiger partial charge in [-0.15, -0.1) is 0 Å². The lowest BCUT2D eigenvalue weighted by Crippen LogP contribution is -2.51. The van der Waals surface area contributed by atoms with Gasteiger partial charge in [-0.05, 0) is 29.2 Å². The van der Waals surface area contributed by atoms with E-state index in [9.17, 15) is 14.7 Å². The summed E-state index contributed by atoms with van der Waals surface area (Å²) >= 11 is 0. The zero-order chi connectivity index (χ0) is 17.4. The number of hydrogen-bond donors (Lipinski definition) is 1. The summed E-state index contributed by atoms with van der Waals surface area (Å²) in [7, 11) is 0. The van der Waals surface area contributed by atoms with Crippen LogP contribution in [0.5, 0.6) is 0 Å². The minimum absolute atomic E-state index is 0.190. The van der Waals surface area contributed by atoms with E-state index in [2.05, 4.69) is 41.3 Å². The van der Waals surface area contributed by atoms with Crippen molar-refractivity contribution in [2.45, 2.75) is 19.4 Å². The van der Waals surface area contributed by atoms with Gasteiger partial charge < -0.3 is 10.0 Å². The van der Waals surface area contributed by atoms with E-state index in [4.69, 9.17) is 0 Å². The number of benzene rings is 2. The van der Waals surface area contributed by atoms with Crippen LogP contribution in [0.3, 0.4) is 0 Å². The topological polar surface area (TPSA) is 60.9 Å². The van der Waals surface area contributed by atoms with Crippen LogP contribution in [-0.4, -0.2) is 53.0 Å². The molecule has 1 N–H and O–H groups in total. The van der Waals surface area contributed by atoms with Crippen molar-refractivity contribution in [1.82, 2.24) is 9.80 Å². The second-order valence-corrected chi connectivity index (χ2v) is 7.09. The summed E-state index contributed by atoms with van der Waals surface area (Å²) in [6.07, 6.45) is 0.967. The Morgan fingerprint density at radius 1 is 0.960 bits per heavy atom. The maximum absolute atomic E-state index is 12.5. The van der Waals surface area contributed by atoms with Crippen LogP contribution >= 0.6 is 0 Å². The fraction of sp³-hybridized carbons (Fsp3) is 0.400. The second-order valence-electron chi connectivity index (χ2n) is 7.09. The zero-order valence-electron chi connectivity index (χ0n) is 14.1. The Kier molecular flexibility index (Phi) is 3.96. The lowest BCUT2D eigenvalue weighted by Gasteiger charge is -2.36. The maximum atomic E-state index is 12.5. The summed E-state index contributed by atoms with van der Waals surface area (Å²) < 4.78 is 0.